The van der Waals surface area contributed by atoms with E-state index in [4.69, 9.17) is 5.11 Å². The van der Waals surface area contributed by atoms with Gasteiger partial charge in [0.15, 0.2) is 0 Å². The lowest BCUT2D eigenvalue weighted by Gasteiger charge is -2.11. The maximum atomic E-state index is 10.4. The van der Waals surface area contributed by atoms with E-state index in [9.17, 15) is 4.79 Å². The van der Waals surface area contributed by atoms with Crippen molar-refractivity contribution in [1.29, 1.82) is 0 Å². The van der Waals surface area contributed by atoms with E-state index in [0.717, 1.165) is 18.8 Å². The highest BCUT2D eigenvalue weighted by molar-refractivity contribution is 5.66. The van der Waals surface area contributed by atoms with Crippen molar-refractivity contribution in [2.75, 3.05) is 0 Å². The molecule has 1 atom stereocenters. The van der Waals surface area contributed by atoms with Crippen LogP contribution in [0.1, 0.15) is 155 Å². The third kappa shape index (κ3) is 23.5. The Bertz CT molecular complexity index is 314. The van der Waals surface area contributed by atoms with Crippen molar-refractivity contribution in [2.24, 2.45) is 5.92 Å². The molecule has 0 aromatic rings. The summed E-state index contributed by atoms with van der Waals surface area (Å²) in [5.74, 6) is 0.290. The van der Waals surface area contributed by atoms with Gasteiger partial charge in [-0.2, -0.15) is 0 Å². The van der Waals surface area contributed by atoms with Crippen LogP contribution in [-0.4, -0.2) is 11.1 Å². The lowest BCUT2D eigenvalue weighted by molar-refractivity contribution is -0.137. The number of hydrogen-bond acceptors (Lipinski definition) is 1. The zero-order valence-corrected chi connectivity index (χ0v) is 19.5. The van der Waals surface area contributed by atoms with Crippen LogP contribution in [0.4, 0.5) is 0 Å². The van der Waals surface area contributed by atoms with E-state index in [1.165, 1.54) is 122 Å². The van der Waals surface area contributed by atoms with Crippen molar-refractivity contribution >= 4 is 5.97 Å². The van der Waals surface area contributed by atoms with Crippen molar-refractivity contribution in [3.63, 3.8) is 0 Å². The van der Waals surface area contributed by atoms with Gasteiger partial charge in [0.25, 0.3) is 0 Å². The molecule has 0 rings (SSSR count). The molecular formula is C26H52O2. The molecule has 0 aliphatic rings. The van der Waals surface area contributed by atoms with Crippen molar-refractivity contribution in [3.8, 4) is 0 Å². The topological polar surface area (TPSA) is 37.3 Å². The Morgan fingerprint density at radius 3 is 1.25 bits per heavy atom. The molecule has 0 radical (unpaired) electrons. The monoisotopic (exact) mass is 396 g/mol. The van der Waals surface area contributed by atoms with Gasteiger partial charge in [0.05, 0.1) is 0 Å². The Morgan fingerprint density at radius 2 is 0.893 bits per heavy atom. The van der Waals surface area contributed by atoms with Crippen molar-refractivity contribution in [3.05, 3.63) is 0 Å². The van der Waals surface area contributed by atoms with Crippen molar-refractivity contribution in [2.45, 2.75) is 155 Å². The van der Waals surface area contributed by atoms with Crippen LogP contribution in [0.3, 0.4) is 0 Å². The maximum absolute atomic E-state index is 10.4. The van der Waals surface area contributed by atoms with Crippen LogP contribution in [0.5, 0.6) is 0 Å². The van der Waals surface area contributed by atoms with Gasteiger partial charge in [0, 0.05) is 6.42 Å². The fourth-order valence-corrected chi connectivity index (χ4v) is 4.13. The van der Waals surface area contributed by atoms with Gasteiger partial charge in [-0.3, -0.25) is 4.79 Å². The van der Waals surface area contributed by atoms with Gasteiger partial charge in [-0.25, -0.2) is 0 Å². The van der Waals surface area contributed by atoms with Gasteiger partial charge in [-0.1, -0.05) is 142 Å². The molecule has 0 heterocycles. The number of carboxylic acid groups (broad SMARTS) is 1. The summed E-state index contributed by atoms with van der Waals surface area (Å²) in [5.41, 5.74) is 0. The number of rotatable bonds is 23. The summed E-state index contributed by atoms with van der Waals surface area (Å²) < 4.78 is 0. The molecule has 0 aromatic carbocycles. The molecule has 0 saturated carbocycles. The van der Waals surface area contributed by atoms with Crippen molar-refractivity contribution < 1.29 is 9.90 Å². The quantitative estimate of drug-likeness (QED) is 0.175. The average molecular weight is 397 g/mol. The molecule has 0 amide bonds. The van der Waals surface area contributed by atoms with E-state index >= 15 is 0 Å². The van der Waals surface area contributed by atoms with E-state index in [1.807, 2.05) is 0 Å². The van der Waals surface area contributed by atoms with Gasteiger partial charge in [0.2, 0.25) is 0 Å². The van der Waals surface area contributed by atoms with Gasteiger partial charge in [-0.15, -0.1) is 0 Å². The Balaban J connectivity index is 3.12. The van der Waals surface area contributed by atoms with Gasteiger partial charge in [-0.05, 0) is 12.3 Å². The summed E-state index contributed by atoms with van der Waals surface area (Å²) in [7, 11) is 0. The predicted molar refractivity (Wildman–Crippen MR) is 124 cm³/mol. The molecule has 0 bridgehead atoms. The van der Waals surface area contributed by atoms with E-state index in [-0.39, 0.29) is 0 Å². The first-order valence-electron chi connectivity index (χ1n) is 12.9. The van der Waals surface area contributed by atoms with Gasteiger partial charge in [0.1, 0.15) is 0 Å². The standard InChI is InChI=1S/C26H52O2/c1-3-4-5-6-16-19-22-25(2)23-20-17-14-12-10-8-7-9-11-13-15-18-21-24-26(27)28/h25H,3-24H2,1-2H3,(H,27,28). The lowest BCUT2D eigenvalue weighted by atomic mass is 9.96. The van der Waals surface area contributed by atoms with Crippen LogP contribution >= 0.6 is 0 Å². The van der Waals surface area contributed by atoms with Crippen LogP contribution < -0.4 is 0 Å². The molecule has 0 spiro atoms. The van der Waals surface area contributed by atoms with Crippen LogP contribution in [-0.2, 0) is 4.79 Å². The highest BCUT2D eigenvalue weighted by atomic mass is 16.4. The minimum Gasteiger partial charge on any atom is -0.481 e. The third-order valence-corrected chi connectivity index (χ3v) is 6.14. The Kier molecular flexibility index (Phi) is 22.3. The minimum atomic E-state index is -0.650. The molecule has 2 heteroatoms. The minimum absolute atomic E-state index is 0.345. The second kappa shape index (κ2) is 22.8. The van der Waals surface area contributed by atoms with Gasteiger partial charge >= 0.3 is 5.97 Å². The highest BCUT2D eigenvalue weighted by Gasteiger charge is 2.02. The molecule has 0 saturated heterocycles. The fraction of sp³-hybridized carbons (Fsp3) is 0.962. The first-order chi connectivity index (χ1) is 13.7. The summed E-state index contributed by atoms with van der Waals surface area (Å²) in [6.07, 6.45) is 28.9. The maximum Gasteiger partial charge on any atom is 0.303 e. The van der Waals surface area contributed by atoms with E-state index < -0.39 is 5.97 Å². The first-order valence-corrected chi connectivity index (χ1v) is 12.9. The highest BCUT2D eigenvalue weighted by Crippen LogP contribution is 2.19. The Labute approximate surface area is 177 Å². The largest absolute Gasteiger partial charge is 0.481 e. The molecule has 1 unspecified atom stereocenters. The zero-order chi connectivity index (χ0) is 20.7. The SMILES string of the molecule is CCCCCCCCC(C)CCCCCCCCCCCCCCCC(=O)O. The zero-order valence-electron chi connectivity index (χ0n) is 19.5. The summed E-state index contributed by atoms with van der Waals surface area (Å²) in [6.45, 7) is 4.75. The number of hydrogen-bond donors (Lipinski definition) is 1. The lowest BCUT2D eigenvalue weighted by Crippen LogP contribution is -1.95. The number of unbranched alkanes of at least 4 members (excludes halogenated alkanes) is 17. The predicted octanol–water partition coefficient (Wildman–Crippen LogP) is 9.31. The van der Waals surface area contributed by atoms with E-state index in [0.29, 0.717) is 6.42 Å². The summed E-state index contributed by atoms with van der Waals surface area (Å²) in [5, 5.41) is 8.59. The molecule has 0 aromatic heterocycles. The molecular weight excluding hydrogens is 344 g/mol. The summed E-state index contributed by atoms with van der Waals surface area (Å²) in [6, 6.07) is 0. The second-order valence-electron chi connectivity index (χ2n) is 9.19. The van der Waals surface area contributed by atoms with E-state index in [2.05, 4.69) is 13.8 Å². The molecule has 168 valence electrons. The fourth-order valence-electron chi connectivity index (χ4n) is 4.13. The summed E-state index contributed by atoms with van der Waals surface area (Å²) >= 11 is 0. The molecule has 0 fully saturated rings. The summed E-state index contributed by atoms with van der Waals surface area (Å²) in [4.78, 5) is 10.4. The average Bonchev–Trinajstić information content (AvgIpc) is 2.67. The molecule has 28 heavy (non-hydrogen) atoms. The number of carbonyl (C=O) groups is 1. The molecule has 2 nitrogen and oxygen atoms in total. The number of aliphatic carboxylic acids is 1. The first kappa shape index (κ1) is 27.5. The van der Waals surface area contributed by atoms with E-state index in [1.54, 1.807) is 0 Å². The normalized spacial score (nSPS) is 12.4. The van der Waals surface area contributed by atoms with Crippen LogP contribution in [0.2, 0.25) is 0 Å². The molecule has 0 aliphatic heterocycles. The smallest absolute Gasteiger partial charge is 0.303 e. The Hall–Kier alpha value is -0.530. The van der Waals surface area contributed by atoms with Crippen LogP contribution in [0.15, 0.2) is 0 Å². The second-order valence-corrected chi connectivity index (χ2v) is 9.19. The van der Waals surface area contributed by atoms with Crippen molar-refractivity contribution in [1.82, 2.24) is 0 Å². The third-order valence-electron chi connectivity index (χ3n) is 6.14. The molecule has 1 N–H and O–H groups in total. The van der Waals surface area contributed by atoms with Crippen LogP contribution in [0, 0.1) is 5.92 Å². The van der Waals surface area contributed by atoms with Crippen LogP contribution in [0.25, 0.3) is 0 Å². The number of carboxylic acids is 1. The molecule has 0 aliphatic carbocycles. The van der Waals surface area contributed by atoms with Gasteiger partial charge < -0.3 is 5.11 Å². The Morgan fingerprint density at radius 1 is 0.571 bits per heavy atom.